The Hall–Kier alpha value is -3.75. The van der Waals surface area contributed by atoms with E-state index in [-0.39, 0.29) is 5.69 Å². The fourth-order valence-corrected chi connectivity index (χ4v) is 4.36. The summed E-state index contributed by atoms with van der Waals surface area (Å²) in [5.74, 6) is 0.290. The number of benzene rings is 1. The monoisotopic (exact) mass is 493 g/mol. The number of likely N-dealkylation sites (N-methyl/N-ethyl adjacent to an activating group) is 1. The second-order valence-electron chi connectivity index (χ2n) is 9.11. The van der Waals surface area contributed by atoms with Crippen LogP contribution in [-0.4, -0.2) is 96.0 Å². The van der Waals surface area contributed by atoms with Crippen LogP contribution in [-0.2, 0) is 6.54 Å². The maximum Gasteiger partial charge on any atom is 0.323 e. The minimum atomic E-state index is -0.529. The topological polar surface area (TPSA) is 103 Å². The van der Waals surface area contributed by atoms with Crippen LogP contribution in [0.1, 0.15) is 11.3 Å². The second kappa shape index (κ2) is 11.8. The number of aromatic nitrogens is 1. The number of rotatable bonds is 4. The molecule has 0 atom stereocenters. The summed E-state index contributed by atoms with van der Waals surface area (Å²) < 4.78 is 15.2. The Bertz CT molecular complexity index is 1120. The Morgan fingerprint density at radius 2 is 1.75 bits per heavy atom. The third-order valence-electron chi connectivity index (χ3n) is 6.48. The molecular formula is C25H32FN9O. The highest BCUT2D eigenvalue weighted by Crippen LogP contribution is 2.21. The molecule has 4 rings (SSSR count). The average molecular weight is 494 g/mol. The van der Waals surface area contributed by atoms with Gasteiger partial charge in [-0.25, -0.2) is 9.18 Å². The minimum Gasteiger partial charge on any atom is -0.339 e. The van der Waals surface area contributed by atoms with E-state index in [1.165, 1.54) is 0 Å². The van der Waals surface area contributed by atoms with Crippen molar-refractivity contribution in [1.29, 1.82) is 5.26 Å². The first-order valence-electron chi connectivity index (χ1n) is 12.1. The first kappa shape index (κ1) is 25.3. The molecule has 1 aromatic carbocycles. The summed E-state index contributed by atoms with van der Waals surface area (Å²) in [6, 6.07) is 8.02. The number of nitriles is 1. The van der Waals surface area contributed by atoms with E-state index in [9.17, 15) is 10.1 Å². The van der Waals surface area contributed by atoms with Gasteiger partial charge in [-0.05, 0) is 32.2 Å². The molecule has 0 bridgehead atoms. The molecule has 1 aromatic heterocycles. The van der Waals surface area contributed by atoms with Crippen molar-refractivity contribution in [3.05, 3.63) is 53.6 Å². The minimum absolute atomic E-state index is 0.127. The fraction of sp³-hybridized carbons (Fsp3) is 0.440. The highest BCUT2D eigenvalue weighted by atomic mass is 19.1. The lowest BCUT2D eigenvalue weighted by Crippen LogP contribution is -2.56. The van der Waals surface area contributed by atoms with Crippen LogP contribution < -0.4 is 10.6 Å². The van der Waals surface area contributed by atoms with Gasteiger partial charge in [0.1, 0.15) is 0 Å². The lowest BCUT2D eigenvalue weighted by molar-refractivity contribution is 0.147. The summed E-state index contributed by atoms with van der Waals surface area (Å²) in [6.07, 6.45) is 3.51. The summed E-state index contributed by atoms with van der Waals surface area (Å²) in [7, 11) is 2.09. The SMILES string of the molecule is Cc1ccc(NC(=O)Nc2cccc(CN3CCN(/C(=N/C#N)N4CCN(C)CC4)CC3)c2F)cn1. The van der Waals surface area contributed by atoms with Crippen molar-refractivity contribution >= 4 is 23.4 Å². The number of nitrogens with one attached hydrogen (secondary N) is 2. The summed E-state index contributed by atoms with van der Waals surface area (Å²) in [4.78, 5) is 29.4. The molecule has 36 heavy (non-hydrogen) atoms. The zero-order valence-corrected chi connectivity index (χ0v) is 20.7. The van der Waals surface area contributed by atoms with Crippen molar-refractivity contribution < 1.29 is 9.18 Å². The molecule has 2 fully saturated rings. The standard InChI is InChI=1S/C25H32FN9O/c1-19-6-7-21(16-28-19)30-24(36)31-22-5-3-4-20(23(22)26)17-33-10-14-35(15-11-33)25(29-18-27)34-12-8-32(2)9-13-34/h3-7,16H,8-15,17H2,1-2H3,(H2,30,31,36)/b29-25+. The first-order chi connectivity index (χ1) is 17.4. The van der Waals surface area contributed by atoms with Crippen LogP contribution >= 0.6 is 0 Å². The summed E-state index contributed by atoms with van der Waals surface area (Å²) in [6.45, 7) is 8.70. The van der Waals surface area contributed by atoms with Crippen LogP contribution in [0.3, 0.4) is 0 Å². The van der Waals surface area contributed by atoms with E-state index >= 15 is 4.39 Å². The number of piperazine rings is 2. The van der Waals surface area contributed by atoms with Crippen molar-refractivity contribution in [3.63, 3.8) is 0 Å². The lowest BCUT2D eigenvalue weighted by atomic mass is 10.1. The molecule has 190 valence electrons. The van der Waals surface area contributed by atoms with Crippen LogP contribution in [0.5, 0.6) is 0 Å². The molecule has 2 N–H and O–H groups in total. The quantitative estimate of drug-likeness (QED) is 0.383. The van der Waals surface area contributed by atoms with Crippen molar-refractivity contribution in [2.45, 2.75) is 13.5 Å². The van der Waals surface area contributed by atoms with Crippen LogP contribution in [0.25, 0.3) is 0 Å². The van der Waals surface area contributed by atoms with Crippen LogP contribution in [0.2, 0.25) is 0 Å². The van der Waals surface area contributed by atoms with Gasteiger partial charge in [0.15, 0.2) is 5.82 Å². The number of aliphatic imine (C=N–C) groups is 1. The molecule has 0 unspecified atom stereocenters. The van der Waals surface area contributed by atoms with Crippen molar-refractivity contribution in [2.75, 3.05) is 70.0 Å². The summed E-state index contributed by atoms with van der Waals surface area (Å²) in [5, 5.41) is 14.5. The van der Waals surface area contributed by atoms with Crippen molar-refractivity contribution in [1.82, 2.24) is 24.6 Å². The Kier molecular flexibility index (Phi) is 8.30. The molecule has 2 aromatic rings. The molecule has 11 heteroatoms. The zero-order valence-electron chi connectivity index (χ0n) is 20.7. The third kappa shape index (κ3) is 6.47. The Morgan fingerprint density at radius 1 is 1.06 bits per heavy atom. The van der Waals surface area contributed by atoms with Crippen molar-refractivity contribution in [3.8, 4) is 6.19 Å². The normalized spacial score (nSPS) is 17.6. The van der Waals surface area contributed by atoms with E-state index in [4.69, 9.17) is 0 Å². The van der Waals surface area contributed by atoms with Gasteiger partial charge in [-0.2, -0.15) is 5.26 Å². The number of hydrogen-bond donors (Lipinski definition) is 2. The summed E-state index contributed by atoms with van der Waals surface area (Å²) in [5.41, 5.74) is 2.02. The fourth-order valence-electron chi connectivity index (χ4n) is 4.36. The zero-order chi connectivity index (χ0) is 25.5. The van der Waals surface area contributed by atoms with Crippen molar-refractivity contribution in [2.24, 2.45) is 4.99 Å². The highest BCUT2D eigenvalue weighted by molar-refractivity contribution is 5.99. The van der Waals surface area contributed by atoms with Gasteiger partial charge < -0.3 is 25.3 Å². The molecule has 2 saturated heterocycles. The number of anilines is 2. The molecule has 0 saturated carbocycles. The van der Waals surface area contributed by atoms with Gasteiger partial charge in [-0.1, -0.05) is 12.1 Å². The molecule has 3 heterocycles. The number of amides is 2. The van der Waals surface area contributed by atoms with Crippen LogP contribution in [0.15, 0.2) is 41.5 Å². The largest absolute Gasteiger partial charge is 0.339 e. The lowest BCUT2D eigenvalue weighted by Gasteiger charge is -2.42. The van der Waals surface area contributed by atoms with Gasteiger partial charge in [-0.3, -0.25) is 9.88 Å². The highest BCUT2D eigenvalue weighted by Gasteiger charge is 2.26. The smallest absolute Gasteiger partial charge is 0.323 e. The number of aryl methyl sites for hydroxylation is 1. The Balaban J connectivity index is 1.33. The van der Waals surface area contributed by atoms with Crippen LogP contribution in [0, 0.1) is 24.2 Å². The second-order valence-corrected chi connectivity index (χ2v) is 9.11. The molecule has 0 spiro atoms. The van der Waals surface area contributed by atoms with E-state index < -0.39 is 11.8 Å². The third-order valence-corrected chi connectivity index (χ3v) is 6.48. The predicted octanol–water partition coefficient (Wildman–Crippen LogP) is 2.38. The molecule has 2 amide bonds. The number of urea groups is 1. The van der Waals surface area contributed by atoms with E-state index in [1.807, 2.05) is 13.1 Å². The van der Waals surface area contributed by atoms with Gasteiger partial charge >= 0.3 is 6.03 Å². The number of pyridine rings is 1. The maximum atomic E-state index is 15.2. The molecule has 2 aliphatic rings. The number of carbonyl (C=O) groups excluding carboxylic acids is 1. The summed E-state index contributed by atoms with van der Waals surface area (Å²) >= 11 is 0. The van der Waals surface area contributed by atoms with Gasteiger partial charge in [0.05, 0.1) is 17.6 Å². The van der Waals surface area contributed by atoms with Gasteiger partial charge in [0.25, 0.3) is 0 Å². The van der Waals surface area contributed by atoms with E-state index in [1.54, 1.807) is 36.5 Å². The Morgan fingerprint density at radius 3 is 2.39 bits per heavy atom. The molecule has 2 aliphatic heterocycles. The maximum absolute atomic E-state index is 15.2. The molecular weight excluding hydrogens is 461 g/mol. The number of hydrogen-bond acceptors (Lipinski definition) is 6. The van der Waals surface area contributed by atoms with Crippen LogP contribution in [0.4, 0.5) is 20.6 Å². The van der Waals surface area contributed by atoms with E-state index in [0.29, 0.717) is 30.9 Å². The molecule has 0 radical (unpaired) electrons. The number of carbonyl (C=O) groups is 1. The Labute approximate surface area is 211 Å². The van der Waals surface area contributed by atoms with E-state index in [2.05, 4.69) is 47.3 Å². The number of halogens is 1. The average Bonchev–Trinajstić information content (AvgIpc) is 2.88. The molecule has 10 nitrogen and oxygen atoms in total. The molecule has 0 aliphatic carbocycles. The van der Waals surface area contributed by atoms with Gasteiger partial charge in [-0.15, -0.1) is 4.99 Å². The number of nitrogens with zero attached hydrogens (tertiary/aromatic N) is 7. The van der Waals surface area contributed by atoms with E-state index in [0.717, 1.165) is 50.9 Å². The predicted molar refractivity (Wildman–Crippen MR) is 137 cm³/mol. The van der Waals surface area contributed by atoms with Gasteiger partial charge in [0, 0.05) is 70.2 Å². The van der Waals surface area contributed by atoms with Gasteiger partial charge in [0.2, 0.25) is 12.2 Å². The number of guanidine groups is 1. The first-order valence-corrected chi connectivity index (χ1v) is 12.1.